The molecule has 3 aromatic rings. The number of hydrogen-bond donors (Lipinski definition) is 4. The number of nitrogens with one attached hydrogen (secondary N) is 4. The van der Waals surface area contributed by atoms with Crippen LogP contribution in [-0.4, -0.2) is 42.9 Å². The van der Waals surface area contributed by atoms with E-state index in [9.17, 15) is 9.59 Å². The number of fused-ring (bicyclic) bond motifs is 1. The number of amides is 2. The van der Waals surface area contributed by atoms with Crippen LogP contribution >= 0.6 is 0 Å². The van der Waals surface area contributed by atoms with Crippen molar-refractivity contribution in [3.63, 3.8) is 0 Å². The molecular formula is C28H31N5O2. The van der Waals surface area contributed by atoms with Crippen molar-refractivity contribution in [3.05, 3.63) is 83.4 Å². The highest BCUT2D eigenvalue weighted by molar-refractivity contribution is 6.11. The fourth-order valence-electron chi connectivity index (χ4n) is 4.72. The van der Waals surface area contributed by atoms with E-state index in [0.29, 0.717) is 23.4 Å². The predicted molar refractivity (Wildman–Crippen MR) is 141 cm³/mol. The molecule has 0 bridgehead atoms. The summed E-state index contributed by atoms with van der Waals surface area (Å²) in [6, 6.07) is 21.0. The number of carbonyl (C=O) groups excluding carboxylic acids is 2. The van der Waals surface area contributed by atoms with E-state index in [1.807, 2.05) is 60.7 Å². The number of rotatable bonds is 8. The molecule has 180 valence electrons. The molecule has 35 heavy (non-hydrogen) atoms. The Morgan fingerprint density at radius 1 is 0.857 bits per heavy atom. The van der Waals surface area contributed by atoms with Gasteiger partial charge in [-0.1, -0.05) is 24.6 Å². The third-order valence-corrected chi connectivity index (χ3v) is 6.62. The minimum atomic E-state index is -0.240. The van der Waals surface area contributed by atoms with E-state index >= 15 is 0 Å². The lowest BCUT2D eigenvalue weighted by molar-refractivity contribution is 0.0966. The number of hydrogen-bond acceptors (Lipinski definition) is 5. The Morgan fingerprint density at radius 3 is 2.37 bits per heavy atom. The van der Waals surface area contributed by atoms with Crippen LogP contribution in [0, 0.1) is 0 Å². The summed E-state index contributed by atoms with van der Waals surface area (Å²) < 4.78 is 0. The average Bonchev–Trinajstić information content (AvgIpc) is 3.29. The van der Waals surface area contributed by atoms with Crippen molar-refractivity contribution >= 4 is 34.6 Å². The number of para-hydroxylation sites is 1. The summed E-state index contributed by atoms with van der Waals surface area (Å²) in [5, 5.41) is 12.6. The summed E-state index contributed by atoms with van der Waals surface area (Å²) in [5.41, 5.74) is 5.21. The molecule has 0 radical (unpaired) electrons. The molecule has 4 N–H and O–H groups in total. The molecular weight excluding hydrogens is 438 g/mol. The maximum atomic E-state index is 12.9. The Bertz CT molecular complexity index is 1190. The van der Waals surface area contributed by atoms with Crippen LogP contribution in [0.15, 0.2) is 66.7 Å². The quantitative estimate of drug-likeness (QED) is 0.380. The fraction of sp³-hybridized carbons (Fsp3) is 0.286. The average molecular weight is 470 g/mol. The molecule has 1 fully saturated rings. The number of benzene rings is 3. The standard InChI is InChI=1S/C28H31N5O2/c34-27(20-9-11-21(12-10-20)29-15-18-33-16-5-2-6-17-33)32-25-14-13-24(23-19-30-28(35)26(23)25)31-22-7-3-1-4-8-22/h1,3-4,7-14,29,31H,2,5-6,15-19H2,(H,30,35)(H,32,34). The highest BCUT2D eigenvalue weighted by atomic mass is 16.2. The molecule has 0 spiro atoms. The van der Waals surface area contributed by atoms with Gasteiger partial charge in [0, 0.05) is 47.8 Å². The second kappa shape index (κ2) is 10.6. The minimum absolute atomic E-state index is 0.180. The molecule has 1 saturated heterocycles. The second-order valence-electron chi connectivity index (χ2n) is 9.05. The van der Waals surface area contributed by atoms with Crippen molar-refractivity contribution in [1.82, 2.24) is 10.2 Å². The monoisotopic (exact) mass is 469 g/mol. The molecule has 3 aromatic carbocycles. The van der Waals surface area contributed by atoms with Crippen molar-refractivity contribution in [1.29, 1.82) is 0 Å². The van der Waals surface area contributed by atoms with Gasteiger partial charge in [0.2, 0.25) is 0 Å². The number of nitrogens with zero attached hydrogens (tertiary/aromatic N) is 1. The SMILES string of the molecule is O=C(Nc1ccc(Nc2ccccc2)c2c1C(=O)NC2)c1ccc(NCCN2CCCCC2)cc1. The molecule has 2 aliphatic rings. The molecule has 7 heteroatoms. The lowest BCUT2D eigenvalue weighted by atomic mass is 10.0. The van der Waals surface area contributed by atoms with Crippen LogP contribution in [0.1, 0.15) is 45.5 Å². The molecule has 5 rings (SSSR count). The third-order valence-electron chi connectivity index (χ3n) is 6.62. The largest absolute Gasteiger partial charge is 0.384 e. The highest BCUT2D eigenvalue weighted by Crippen LogP contribution is 2.33. The van der Waals surface area contributed by atoms with Crippen LogP contribution in [0.5, 0.6) is 0 Å². The van der Waals surface area contributed by atoms with Crippen LogP contribution in [0.3, 0.4) is 0 Å². The Balaban J connectivity index is 1.23. The first-order valence-electron chi connectivity index (χ1n) is 12.3. The fourth-order valence-corrected chi connectivity index (χ4v) is 4.72. The van der Waals surface area contributed by atoms with Gasteiger partial charge in [-0.25, -0.2) is 0 Å². The summed E-state index contributed by atoms with van der Waals surface area (Å²) in [5.74, 6) is -0.421. The summed E-state index contributed by atoms with van der Waals surface area (Å²) in [7, 11) is 0. The van der Waals surface area contributed by atoms with Gasteiger partial charge in [-0.05, 0) is 74.5 Å². The van der Waals surface area contributed by atoms with E-state index in [-0.39, 0.29) is 11.8 Å². The predicted octanol–water partition coefficient (Wildman–Crippen LogP) is 4.82. The van der Waals surface area contributed by atoms with Gasteiger partial charge in [0.15, 0.2) is 0 Å². The van der Waals surface area contributed by atoms with E-state index in [2.05, 4.69) is 26.2 Å². The zero-order chi connectivity index (χ0) is 24.0. The van der Waals surface area contributed by atoms with Gasteiger partial charge in [0.05, 0.1) is 11.3 Å². The Labute approximate surface area is 205 Å². The summed E-state index contributed by atoms with van der Waals surface area (Å²) >= 11 is 0. The maximum Gasteiger partial charge on any atom is 0.255 e. The molecule has 7 nitrogen and oxygen atoms in total. The first-order valence-corrected chi connectivity index (χ1v) is 12.3. The van der Waals surface area contributed by atoms with Crippen molar-refractivity contribution in [3.8, 4) is 0 Å². The van der Waals surface area contributed by atoms with Crippen LogP contribution in [-0.2, 0) is 6.54 Å². The molecule has 0 aliphatic carbocycles. The smallest absolute Gasteiger partial charge is 0.255 e. The van der Waals surface area contributed by atoms with Gasteiger partial charge in [0.1, 0.15) is 0 Å². The van der Waals surface area contributed by atoms with Crippen molar-refractivity contribution in [2.75, 3.05) is 42.1 Å². The van der Waals surface area contributed by atoms with Crippen molar-refractivity contribution in [2.45, 2.75) is 25.8 Å². The Morgan fingerprint density at radius 2 is 1.60 bits per heavy atom. The molecule has 0 saturated carbocycles. The highest BCUT2D eigenvalue weighted by Gasteiger charge is 2.26. The van der Waals surface area contributed by atoms with E-state index in [1.165, 1.54) is 32.4 Å². The van der Waals surface area contributed by atoms with E-state index in [4.69, 9.17) is 0 Å². The third kappa shape index (κ3) is 5.46. The molecule has 2 aliphatic heterocycles. The van der Waals surface area contributed by atoms with E-state index < -0.39 is 0 Å². The van der Waals surface area contributed by atoms with E-state index in [1.54, 1.807) is 6.07 Å². The van der Waals surface area contributed by atoms with Gasteiger partial charge >= 0.3 is 0 Å². The maximum absolute atomic E-state index is 12.9. The Kier molecular flexibility index (Phi) is 6.95. The summed E-state index contributed by atoms with van der Waals surface area (Å²) in [6.45, 7) is 4.71. The summed E-state index contributed by atoms with van der Waals surface area (Å²) in [6.07, 6.45) is 3.93. The van der Waals surface area contributed by atoms with Gasteiger partial charge < -0.3 is 26.2 Å². The van der Waals surface area contributed by atoms with Crippen molar-refractivity contribution < 1.29 is 9.59 Å². The molecule has 2 amide bonds. The van der Waals surface area contributed by atoms with Crippen molar-refractivity contribution in [2.24, 2.45) is 0 Å². The van der Waals surface area contributed by atoms with Gasteiger partial charge in [-0.15, -0.1) is 0 Å². The van der Waals surface area contributed by atoms with Crippen LogP contribution in [0.4, 0.5) is 22.7 Å². The molecule has 0 unspecified atom stereocenters. The topological polar surface area (TPSA) is 85.5 Å². The Hall–Kier alpha value is -3.84. The zero-order valence-electron chi connectivity index (χ0n) is 19.8. The molecule has 2 heterocycles. The van der Waals surface area contributed by atoms with Gasteiger partial charge in [-0.2, -0.15) is 0 Å². The molecule has 0 atom stereocenters. The first-order chi connectivity index (χ1) is 17.2. The number of carbonyl (C=O) groups is 2. The van der Waals surface area contributed by atoms with E-state index in [0.717, 1.165) is 35.7 Å². The first kappa shape index (κ1) is 22.9. The lowest BCUT2D eigenvalue weighted by Gasteiger charge is -2.26. The van der Waals surface area contributed by atoms with Crippen LogP contribution < -0.4 is 21.3 Å². The zero-order valence-corrected chi connectivity index (χ0v) is 19.8. The number of piperidine rings is 1. The van der Waals surface area contributed by atoms with Crippen LogP contribution in [0.25, 0.3) is 0 Å². The van der Waals surface area contributed by atoms with Gasteiger partial charge in [-0.3, -0.25) is 9.59 Å². The van der Waals surface area contributed by atoms with Crippen LogP contribution in [0.2, 0.25) is 0 Å². The van der Waals surface area contributed by atoms with Gasteiger partial charge in [0.25, 0.3) is 11.8 Å². The summed E-state index contributed by atoms with van der Waals surface area (Å²) in [4.78, 5) is 28.0. The number of likely N-dealkylation sites (tertiary alicyclic amines) is 1. The normalized spacial score (nSPS) is 15.3. The number of anilines is 4. The lowest BCUT2D eigenvalue weighted by Crippen LogP contribution is -2.33. The minimum Gasteiger partial charge on any atom is -0.384 e. The molecule has 0 aromatic heterocycles. The second-order valence-corrected chi connectivity index (χ2v) is 9.05.